The number of ether oxygens (including phenoxy) is 1. The van der Waals surface area contributed by atoms with E-state index in [0.29, 0.717) is 5.75 Å². The summed E-state index contributed by atoms with van der Waals surface area (Å²) in [4.78, 5) is 0.0728. The molecule has 6 nitrogen and oxygen atoms in total. The summed E-state index contributed by atoms with van der Waals surface area (Å²) in [5.74, 6) is 0.515. The van der Waals surface area contributed by atoms with Crippen LogP contribution in [0, 0.1) is 0 Å². The third kappa shape index (κ3) is 3.30. The molecule has 1 aromatic carbocycles. The number of nitrogen functional groups attached to an aromatic ring is 1. The molecule has 1 aromatic rings. The molecule has 0 amide bonds. The van der Waals surface area contributed by atoms with Crippen LogP contribution in [-0.2, 0) is 10.0 Å². The lowest BCUT2D eigenvalue weighted by Crippen LogP contribution is -2.40. The van der Waals surface area contributed by atoms with E-state index in [1.54, 1.807) is 6.07 Å². The summed E-state index contributed by atoms with van der Waals surface area (Å²) in [6.07, 6.45) is 3.69. The highest BCUT2D eigenvalue weighted by Crippen LogP contribution is 2.31. The third-order valence-electron chi connectivity index (χ3n) is 3.86. The second kappa shape index (κ2) is 6.64. The molecule has 0 bridgehead atoms. The molecule has 3 N–H and O–H groups in total. The summed E-state index contributed by atoms with van der Waals surface area (Å²) in [5.41, 5.74) is 6.03. The molecule has 1 saturated carbocycles. The van der Waals surface area contributed by atoms with E-state index >= 15 is 0 Å². The number of methoxy groups -OCH3 is 1. The Kier molecular flexibility index (Phi) is 5.08. The number of nitrogens with zero attached hydrogens (tertiary/aromatic N) is 1. The molecule has 1 fully saturated rings. The lowest BCUT2D eigenvalue weighted by Gasteiger charge is -2.28. The van der Waals surface area contributed by atoms with E-state index < -0.39 is 10.0 Å². The number of hydrogen-bond donors (Lipinski definition) is 2. The maximum atomic E-state index is 12.8. The molecule has 0 aromatic heterocycles. The number of nitrogens with two attached hydrogens (primary N) is 1. The minimum absolute atomic E-state index is 0.0522. The monoisotopic (exact) mass is 314 g/mol. The molecule has 1 aliphatic carbocycles. The van der Waals surface area contributed by atoms with Crippen LogP contribution in [0.1, 0.15) is 25.7 Å². The van der Waals surface area contributed by atoms with Gasteiger partial charge in [-0.25, -0.2) is 8.42 Å². The van der Waals surface area contributed by atoms with Crippen LogP contribution in [0.15, 0.2) is 23.1 Å². The molecule has 0 heterocycles. The minimum Gasteiger partial charge on any atom is -0.497 e. The molecule has 0 atom stereocenters. The molecule has 0 aliphatic heterocycles. The van der Waals surface area contributed by atoms with Crippen molar-refractivity contribution < 1.29 is 18.3 Å². The lowest BCUT2D eigenvalue weighted by molar-refractivity contribution is 0.226. The number of rotatable bonds is 6. The predicted octanol–water partition coefficient (Wildman–Crippen LogP) is 1.20. The maximum Gasteiger partial charge on any atom is 0.245 e. The second-order valence-electron chi connectivity index (χ2n) is 5.18. The number of anilines is 1. The summed E-state index contributed by atoms with van der Waals surface area (Å²) in [6, 6.07) is 4.49. The predicted molar refractivity (Wildman–Crippen MR) is 80.6 cm³/mol. The zero-order valence-electron chi connectivity index (χ0n) is 12.2. The van der Waals surface area contributed by atoms with Crippen LogP contribution in [0.4, 0.5) is 5.69 Å². The Bertz CT molecular complexity index is 583. The number of aliphatic hydroxyl groups is 1. The topological polar surface area (TPSA) is 92.9 Å². The number of benzene rings is 1. The zero-order valence-corrected chi connectivity index (χ0v) is 13.0. The van der Waals surface area contributed by atoms with E-state index in [-0.39, 0.29) is 29.8 Å². The van der Waals surface area contributed by atoms with Crippen LogP contribution < -0.4 is 10.5 Å². The van der Waals surface area contributed by atoms with Gasteiger partial charge in [0.05, 0.1) is 19.4 Å². The number of aliphatic hydroxyl groups excluding tert-OH is 1. The van der Waals surface area contributed by atoms with Gasteiger partial charge in [-0.1, -0.05) is 12.8 Å². The Morgan fingerprint density at radius 3 is 2.57 bits per heavy atom. The third-order valence-corrected chi connectivity index (χ3v) is 5.88. The van der Waals surface area contributed by atoms with Crippen molar-refractivity contribution in [3.8, 4) is 5.75 Å². The van der Waals surface area contributed by atoms with Crippen LogP contribution >= 0.6 is 0 Å². The van der Waals surface area contributed by atoms with Crippen molar-refractivity contribution in [2.75, 3.05) is 26.0 Å². The normalized spacial score (nSPS) is 16.5. The Balaban J connectivity index is 2.37. The van der Waals surface area contributed by atoms with Gasteiger partial charge in [0.1, 0.15) is 10.6 Å². The molecule has 21 heavy (non-hydrogen) atoms. The molecule has 0 saturated heterocycles. The average molecular weight is 314 g/mol. The molecule has 0 radical (unpaired) electrons. The minimum atomic E-state index is -3.71. The van der Waals surface area contributed by atoms with Crippen molar-refractivity contribution in [1.82, 2.24) is 4.31 Å². The van der Waals surface area contributed by atoms with Crippen molar-refractivity contribution in [2.24, 2.45) is 0 Å². The van der Waals surface area contributed by atoms with Gasteiger partial charge in [-0.2, -0.15) is 4.31 Å². The van der Waals surface area contributed by atoms with Crippen molar-refractivity contribution in [2.45, 2.75) is 36.6 Å². The summed E-state index contributed by atoms with van der Waals surface area (Å²) in [6.45, 7) is -0.107. The van der Waals surface area contributed by atoms with Crippen LogP contribution in [-0.4, -0.2) is 44.1 Å². The van der Waals surface area contributed by atoms with Crippen molar-refractivity contribution in [3.05, 3.63) is 18.2 Å². The van der Waals surface area contributed by atoms with Gasteiger partial charge in [0.2, 0.25) is 10.0 Å². The first-order valence-corrected chi connectivity index (χ1v) is 8.51. The summed E-state index contributed by atoms with van der Waals surface area (Å²) < 4.78 is 32.1. The standard InChI is InChI=1S/C14H22N2O4S/c1-20-12-6-7-14(13(15)10-12)21(18,19)16(8-9-17)11-4-2-3-5-11/h6-7,10-11,17H,2-5,8-9,15H2,1H3. The van der Waals surface area contributed by atoms with E-state index in [2.05, 4.69) is 0 Å². The van der Waals surface area contributed by atoms with Gasteiger partial charge in [0.25, 0.3) is 0 Å². The van der Waals surface area contributed by atoms with Crippen molar-refractivity contribution >= 4 is 15.7 Å². The highest BCUT2D eigenvalue weighted by atomic mass is 32.2. The van der Waals surface area contributed by atoms with Gasteiger partial charge in [0, 0.05) is 18.7 Å². The van der Waals surface area contributed by atoms with Gasteiger partial charge in [-0.05, 0) is 25.0 Å². The first kappa shape index (κ1) is 16.1. The quantitative estimate of drug-likeness (QED) is 0.770. The van der Waals surface area contributed by atoms with Gasteiger partial charge in [0.15, 0.2) is 0 Å². The van der Waals surface area contributed by atoms with Crippen LogP contribution in [0.3, 0.4) is 0 Å². The van der Waals surface area contributed by atoms with Gasteiger partial charge >= 0.3 is 0 Å². The largest absolute Gasteiger partial charge is 0.497 e. The molecule has 1 aliphatic rings. The smallest absolute Gasteiger partial charge is 0.245 e. The van der Waals surface area contributed by atoms with E-state index in [9.17, 15) is 13.5 Å². The fraction of sp³-hybridized carbons (Fsp3) is 0.571. The Morgan fingerprint density at radius 2 is 2.05 bits per heavy atom. The van der Waals surface area contributed by atoms with Gasteiger partial charge in [-0.3, -0.25) is 0 Å². The molecule has 0 unspecified atom stereocenters. The molecular weight excluding hydrogens is 292 g/mol. The molecule has 7 heteroatoms. The zero-order chi connectivity index (χ0) is 15.5. The van der Waals surface area contributed by atoms with E-state index in [1.807, 2.05) is 0 Å². The highest BCUT2D eigenvalue weighted by Gasteiger charge is 2.33. The number of sulfonamides is 1. The molecular formula is C14H22N2O4S. The Labute approximate surface area is 125 Å². The van der Waals surface area contributed by atoms with Gasteiger partial charge in [-0.15, -0.1) is 0 Å². The average Bonchev–Trinajstić information content (AvgIpc) is 2.97. The Hall–Kier alpha value is -1.31. The first-order valence-electron chi connectivity index (χ1n) is 7.07. The Morgan fingerprint density at radius 1 is 1.38 bits per heavy atom. The summed E-state index contributed by atoms with van der Waals surface area (Å²) >= 11 is 0. The number of hydrogen-bond acceptors (Lipinski definition) is 5. The van der Waals surface area contributed by atoms with Gasteiger partial charge < -0.3 is 15.6 Å². The summed E-state index contributed by atoms with van der Waals surface area (Å²) in [5, 5.41) is 9.20. The van der Waals surface area contributed by atoms with Crippen LogP contribution in [0.5, 0.6) is 5.75 Å². The summed E-state index contributed by atoms with van der Waals surface area (Å²) in [7, 11) is -2.21. The highest BCUT2D eigenvalue weighted by molar-refractivity contribution is 7.89. The fourth-order valence-corrected chi connectivity index (χ4v) is 4.58. The maximum absolute atomic E-state index is 12.8. The first-order chi connectivity index (χ1) is 10.0. The molecule has 2 rings (SSSR count). The van der Waals surface area contributed by atoms with Crippen molar-refractivity contribution in [1.29, 1.82) is 0 Å². The molecule has 118 valence electrons. The van der Waals surface area contributed by atoms with E-state index in [1.165, 1.54) is 23.5 Å². The van der Waals surface area contributed by atoms with E-state index in [4.69, 9.17) is 10.5 Å². The van der Waals surface area contributed by atoms with Crippen molar-refractivity contribution in [3.63, 3.8) is 0 Å². The SMILES string of the molecule is COc1ccc(S(=O)(=O)N(CCO)C2CCCC2)c(N)c1. The fourth-order valence-electron chi connectivity index (χ4n) is 2.80. The van der Waals surface area contributed by atoms with Crippen LogP contribution in [0.25, 0.3) is 0 Å². The molecule has 0 spiro atoms. The van der Waals surface area contributed by atoms with Crippen LogP contribution in [0.2, 0.25) is 0 Å². The lowest BCUT2D eigenvalue weighted by atomic mass is 10.2. The van der Waals surface area contributed by atoms with E-state index in [0.717, 1.165) is 25.7 Å². The second-order valence-corrected chi connectivity index (χ2v) is 7.04.